The van der Waals surface area contributed by atoms with Crippen molar-refractivity contribution < 1.29 is 8.42 Å². The van der Waals surface area contributed by atoms with Crippen LogP contribution in [0.3, 0.4) is 0 Å². The van der Waals surface area contributed by atoms with Gasteiger partial charge in [0.15, 0.2) is 0 Å². The van der Waals surface area contributed by atoms with Gasteiger partial charge in [-0.15, -0.1) is 0 Å². The molecule has 1 aromatic heterocycles. The third-order valence-electron chi connectivity index (χ3n) is 2.49. The number of hydrogen-bond acceptors (Lipinski definition) is 4. The second kappa shape index (κ2) is 5.30. The fourth-order valence-corrected chi connectivity index (χ4v) is 2.82. The molecule has 0 aliphatic carbocycles. The Bertz CT molecular complexity index is 608. The zero-order valence-electron chi connectivity index (χ0n) is 9.63. The van der Waals surface area contributed by atoms with Crippen LogP contribution < -0.4 is 10.5 Å². The van der Waals surface area contributed by atoms with E-state index in [1.54, 1.807) is 24.4 Å². The molecule has 96 valence electrons. The number of nitrogens with two attached hydrogens (primary N) is 1. The Hall–Kier alpha value is -1.70. The fraction of sp³-hybridized carbons (Fsp3) is 0.182. The Morgan fingerprint density at radius 1 is 1.33 bits per heavy atom. The third-order valence-corrected chi connectivity index (χ3v) is 3.99. The first-order valence-corrected chi connectivity index (χ1v) is 6.86. The molecule has 0 atom stereocenters. The molecule has 0 radical (unpaired) electrons. The highest BCUT2D eigenvalue weighted by Crippen LogP contribution is 2.14. The summed E-state index contributed by atoms with van der Waals surface area (Å²) in [4.78, 5) is 6.86. The van der Waals surface area contributed by atoms with Crippen LogP contribution in [0.1, 0.15) is 11.3 Å². The second-order valence-electron chi connectivity index (χ2n) is 3.71. The van der Waals surface area contributed by atoms with E-state index in [2.05, 4.69) is 14.7 Å². The zero-order valence-corrected chi connectivity index (χ0v) is 10.4. The van der Waals surface area contributed by atoms with Gasteiger partial charge in [-0.25, -0.2) is 18.1 Å². The van der Waals surface area contributed by atoms with Crippen LogP contribution in [0.2, 0.25) is 0 Å². The number of aromatic nitrogens is 2. The summed E-state index contributed by atoms with van der Waals surface area (Å²) in [5.74, 6) is 0. The van der Waals surface area contributed by atoms with Gasteiger partial charge in [-0.05, 0) is 11.6 Å². The standard InChI is InChI=1S/C11H14N4O2S/c12-5-9-3-1-2-4-11(9)18(16,17)15-7-10-6-13-8-14-10/h1-4,6,8,15H,5,7,12H2,(H,13,14). The molecule has 0 spiro atoms. The molecule has 6 nitrogen and oxygen atoms in total. The Morgan fingerprint density at radius 2 is 2.11 bits per heavy atom. The van der Waals surface area contributed by atoms with Crippen molar-refractivity contribution in [2.45, 2.75) is 18.0 Å². The lowest BCUT2D eigenvalue weighted by Gasteiger charge is -2.09. The molecule has 7 heteroatoms. The van der Waals surface area contributed by atoms with Crippen LogP contribution >= 0.6 is 0 Å². The lowest BCUT2D eigenvalue weighted by molar-refractivity contribution is 0.579. The Morgan fingerprint density at radius 3 is 2.78 bits per heavy atom. The summed E-state index contributed by atoms with van der Waals surface area (Å²) in [7, 11) is -3.56. The molecule has 0 bridgehead atoms. The molecule has 4 N–H and O–H groups in total. The number of nitrogens with zero attached hydrogens (tertiary/aromatic N) is 1. The lowest BCUT2D eigenvalue weighted by atomic mass is 10.2. The van der Waals surface area contributed by atoms with Crippen molar-refractivity contribution in [2.75, 3.05) is 0 Å². The molecular weight excluding hydrogens is 252 g/mol. The number of rotatable bonds is 5. The summed E-state index contributed by atoms with van der Waals surface area (Å²) in [5, 5.41) is 0. The average molecular weight is 266 g/mol. The smallest absolute Gasteiger partial charge is 0.241 e. The fourth-order valence-electron chi connectivity index (χ4n) is 1.57. The molecule has 0 saturated carbocycles. The summed E-state index contributed by atoms with van der Waals surface area (Å²) in [6, 6.07) is 6.67. The van der Waals surface area contributed by atoms with Gasteiger partial charge in [0.05, 0.1) is 17.8 Å². The van der Waals surface area contributed by atoms with Crippen LogP contribution in [-0.2, 0) is 23.1 Å². The molecule has 18 heavy (non-hydrogen) atoms. The van der Waals surface area contributed by atoms with Crippen LogP contribution in [0.25, 0.3) is 0 Å². The van der Waals surface area contributed by atoms with Gasteiger partial charge in [0.2, 0.25) is 10.0 Å². The number of benzene rings is 1. The quantitative estimate of drug-likeness (QED) is 0.726. The highest BCUT2D eigenvalue weighted by molar-refractivity contribution is 7.89. The van der Waals surface area contributed by atoms with Gasteiger partial charge >= 0.3 is 0 Å². The summed E-state index contributed by atoms with van der Waals surface area (Å²) in [5.41, 5.74) is 6.82. The van der Waals surface area contributed by atoms with Gasteiger partial charge in [0.1, 0.15) is 0 Å². The van der Waals surface area contributed by atoms with Crippen molar-refractivity contribution in [3.8, 4) is 0 Å². The highest BCUT2D eigenvalue weighted by Gasteiger charge is 2.17. The summed E-state index contributed by atoms with van der Waals surface area (Å²) in [6.07, 6.45) is 3.06. The Kier molecular flexibility index (Phi) is 3.75. The predicted octanol–water partition coefficient (Wildman–Crippen LogP) is 0.347. The normalized spacial score (nSPS) is 11.6. The van der Waals surface area contributed by atoms with Gasteiger partial charge in [0, 0.05) is 18.4 Å². The molecule has 0 unspecified atom stereocenters. The minimum Gasteiger partial charge on any atom is -0.347 e. The van der Waals surface area contributed by atoms with Gasteiger partial charge in [-0.2, -0.15) is 0 Å². The van der Waals surface area contributed by atoms with Crippen LogP contribution in [0.5, 0.6) is 0 Å². The molecule has 2 aromatic rings. The van der Waals surface area contributed by atoms with E-state index >= 15 is 0 Å². The van der Waals surface area contributed by atoms with Crippen molar-refractivity contribution in [3.63, 3.8) is 0 Å². The predicted molar refractivity (Wildman–Crippen MR) is 66.9 cm³/mol. The number of hydrogen-bond donors (Lipinski definition) is 3. The van der Waals surface area contributed by atoms with Crippen LogP contribution in [-0.4, -0.2) is 18.4 Å². The molecular formula is C11H14N4O2S. The molecule has 0 aliphatic rings. The van der Waals surface area contributed by atoms with Gasteiger partial charge in [-0.3, -0.25) is 0 Å². The first-order chi connectivity index (χ1) is 8.63. The lowest BCUT2D eigenvalue weighted by Crippen LogP contribution is -2.25. The van der Waals surface area contributed by atoms with E-state index in [4.69, 9.17) is 5.73 Å². The van der Waals surface area contributed by atoms with E-state index in [-0.39, 0.29) is 18.0 Å². The van der Waals surface area contributed by atoms with E-state index < -0.39 is 10.0 Å². The van der Waals surface area contributed by atoms with Crippen LogP contribution in [0, 0.1) is 0 Å². The zero-order chi connectivity index (χ0) is 13.0. The Balaban J connectivity index is 2.20. The molecule has 2 rings (SSSR count). The summed E-state index contributed by atoms with van der Waals surface area (Å²) < 4.78 is 26.7. The summed E-state index contributed by atoms with van der Waals surface area (Å²) in [6.45, 7) is 0.350. The summed E-state index contributed by atoms with van der Waals surface area (Å²) >= 11 is 0. The number of sulfonamides is 1. The number of H-pyrrole nitrogens is 1. The molecule has 0 saturated heterocycles. The van der Waals surface area contributed by atoms with Crippen molar-refractivity contribution in [2.24, 2.45) is 5.73 Å². The topological polar surface area (TPSA) is 101 Å². The van der Waals surface area contributed by atoms with Gasteiger partial charge in [-0.1, -0.05) is 18.2 Å². The van der Waals surface area contributed by atoms with Crippen molar-refractivity contribution in [1.82, 2.24) is 14.7 Å². The van der Waals surface area contributed by atoms with Crippen LogP contribution in [0.4, 0.5) is 0 Å². The van der Waals surface area contributed by atoms with E-state index in [9.17, 15) is 8.42 Å². The van der Waals surface area contributed by atoms with Gasteiger partial charge in [0.25, 0.3) is 0 Å². The van der Waals surface area contributed by atoms with Crippen molar-refractivity contribution in [1.29, 1.82) is 0 Å². The SMILES string of the molecule is NCc1ccccc1S(=O)(=O)NCc1cnc[nH]1. The van der Waals surface area contributed by atoms with Crippen molar-refractivity contribution in [3.05, 3.63) is 48.0 Å². The van der Waals surface area contributed by atoms with E-state index in [0.717, 1.165) is 0 Å². The number of nitrogens with one attached hydrogen (secondary N) is 2. The average Bonchev–Trinajstić information content (AvgIpc) is 2.89. The molecule has 1 aromatic carbocycles. The maximum atomic E-state index is 12.1. The van der Waals surface area contributed by atoms with E-state index in [0.29, 0.717) is 11.3 Å². The maximum absolute atomic E-state index is 12.1. The van der Waals surface area contributed by atoms with Crippen LogP contribution in [0.15, 0.2) is 41.7 Å². The highest BCUT2D eigenvalue weighted by atomic mass is 32.2. The first kappa shape index (κ1) is 12.7. The minimum atomic E-state index is -3.56. The largest absolute Gasteiger partial charge is 0.347 e. The Labute approximate surface area is 105 Å². The molecule has 0 fully saturated rings. The maximum Gasteiger partial charge on any atom is 0.241 e. The van der Waals surface area contributed by atoms with Gasteiger partial charge < -0.3 is 10.7 Å². The van der Waals surface area contributed by atoms with Crippen molar-refractivity contribution >= 4 is 10.0 Å². The molecule has 0 aliphatic heterocycles. The van der Waals surface area contributed by atoms with E-state index in [1.807, 2.05) is 0 Å². The number of imidazole rings is 1. The third kappa shape index (κ3) is 2.76. The van der Waals surface area contributed by atoms with E-state index in [1.165, 1.54) is 12.4 Å². The minimum absolute atomic E-state index is 0.168. The first-order valence-electron chi connectivity index (χ1n) is 5.38. The monoisotopic (exact) mass is 266 g/mol. The second-order valence-corrected chi connectivity index (χ2v) is 5.45. The molecule has 0 amide bonds. The number of aromatic amines is 1. The molecule has 1 heterocycles.